The van der Waals surface area contributed by atoms with E-state index in [1.165, 1.54) is 0 Å². The van der Waals surface area contributed by atoms with Crippen LogP contribution < -0.4 is 5.32 Å². The Morgan fingerprint density at radius 1 is 1.38 bits per heavy atom. The van der Waals surface area contributed by atoms with Gasteiger partial charge in [-0.1, -0.05) is 23.2 Å². The Hall–Kier alpha value is 0.0400. The summed E-state index contributed by atoms with van der Waals surface area (Å²) in [7, 11) is 0. The summed E-state index contributed by atoms with van der Waals surface area (Å²) in [5, 5.41) is 4.30. The van der Waals surface area contributed by atoms with E-state index < -0.39 is 0 Å². The first-order chi connectivity index (χ1) is 7.56. The average Bonchev–Trinajstić information content (AvgIpc) is 2.27. The minimum absolute atomic E-state index is 0.190. The fraction of sp³-hybridized carbons (Fsp3) is 0.455. The zero-order chi connectivity index (χ0) is 12.1. The van der Waals surface area contributed by atoms with Crippen molar-refractivity contribution in [1.29, 1.82) is 0 Å². The maximum absolute atomic E-state index is 6.11. The molecule has 1 rings (SSSR count). The summed E-state index contributed by atoms with van der Waals surface area (Å²) in [6.07, 6.45) is 0. The van der Waals surface area contributed by atoms with Crippen LogP contribution in [0.1, 0.15) is 13.8 Å². The first-order valence-electron chi connectivity index (χ1n) is 5.04. The molecule has 0 fully saturated rings. The van der Waals surface area contributed by atoms with E-state index >= 15 is 0 Å². The highest BCUT2D eigenvalue weighted by atomic mass is 79.9. The van der Waals surface area contributed by atoms with Gasteiger partial charge in [0.1, 0.15) is 0 Å². The molecule has 1 atom stereocenters. The quantitative estimate of drug-likeness (QED) is 0.799. The molecule has 0 radical (unpaired) electrons. The summed E-state index contributed by atoms with van der Waals surface area (Å²) in [5.41, 5.74) is 0.821. The van der Waals surface area contributed by atoms with Crippen molar-refractivity contribution in [2.24, 2.45) is 0 Å². The monoisotopic (exact) mass is 325 g/mol. The van der Waals surface area contributed by atoms with E-state index in [9.17, 15) is 0 Å². The van der Waals surface area contributed by atoms with Gasteiger partial charge in [0.05, 0.1) is 22.3 Å². The van der Waals surface area contributed by atoms with Crippen LogP contribution in [0.15, 0.2) is 16.6 Å². The van der Waals surface area contributed by atoms with Crippen LogP contribution in [0.3, 0.4) is 0 Å². The van der Waals surface area contributed by atoms with Gasteiger partial charge in [0, 0.05) is 17.1 Å². The lowest BCUT2D eigenvalue weighted by atomic mass is 10.2. The smallest absolute Gasteiger partial charge is 0.0835 e. The highest BCUT2D eigenvalue weighted by Gasteiger charge is 2.10. The molecule has 90 valence electrons. The van der Waals surface area contributed by atoms with Crippen molar-refractivity contribution in [3.05, 3.63) is 26.7 Å². The summed E-state index contributed by atoms with van der Waals surface area (Å²) < 4.78 is 6.11. The Morgan fingerprint density at radius 3 is 2.69 bits per heavy atom. The Morgan fingerprint density at radius 2 is 2.06 bits per heavy atom. The van der Waals surface area contributed by atoms with Gasteiger partial charge in [0.2, 0.25) is 0 Å². The summed E-state index contributed by atoms with van der Waals surface area (Å²) in [5.74, 6) is 0. The third kappa shape index (κ3) is 3.81. The van der Waals surface area contributed by atoms with Gasteiger partial charge in [0.25, 0.3) is 0 Å². The first-order valence-corrected chi connectivity index (χ1v) is 6.59. The van der Waals surface area contributed by atoms with Crippen LogP contribution in [0.5, 0.6) is 0 Å². The molecule has 2 nitrogen and oxygen atoms in total. The van der Waals surface area contributed by atoms with Crippen molar-refractivity contribution >= 4 is 44.8 Å². The van der Waals surface area contributed by atoms with Gasteiger partial charge in [-0.2, -0.15) is 0 Å². The highest BCUT2D eigenvalue weighted by molar-refractivity contribution is 9.10. The van der Waals surface area contributed by atoms with Gasteiger partial charge in [-0.15, -0.1) is 0 Å². The standard InChI is InChI=1S/C11H14BrCl2NO/c1-3-16-6-7(2)15-9-5-4-8(12)10(13)11(9)14/h4-5,7,15H,3,6H2,1-2H3. The van der Waals surface area contributed by atoms with Gasteiger partial charge in [-0.05, 0) is 41.9 Å². The molecular weight excluding hydrogens is 313 g/mol. The molecule has 0 bridgehead atoms. The van der Waals surface area contributed by atoms with E-state index in [-0.39, 0.29) is 6.04 Å². The molecule has 0 aliphatic heterocycles. The molecule has 1 N–H and O–H groups in total. The van der Waals surface area contributed by atoms with Gasteiger partial charge in [0.15, 0.2) is 0 Å². The van der Waals surface area contributed by atoms with Crippen LogP contribution in [-0.2, 0) is 4.74 Å². The van der Waals surface area contributed by atoms with Crippen LogP contribution >= 0.6 is 39.1 Å². The molecule has 1 aromatic carbocycles. The van der Waals surface area contributed by atoms with E-state index in [0.29, 0.717) is 23.3 Å². The maximum atomic E-state index is 6.11. The molecule has 0 saturated carbocycles. The van der Waals surface area contributed by atoms with Crippen molar-refractivity contribution in [2.75, 3.05) is 18.5 Å². The predicted octanol–water partition coefficient (Wildman–Crippen LogP) is 4.59. The van der Waals surface area contributed by atoms with E-state index in [0.717, 1.165) is 10.2 Å². The summed E-state index contributed by atoms with van der Waals surface area (Å²) in [6, 6.07) is 3.94. The fourth-order valence-electron chi connectivity index (χ4n) is 1.24. The number of anilines is 1. The second-order valence-corrected chi connectivity index (χ2v) is 5.04. The molecule has 16 heavy (non-hydrogen) atoms. The maximum Gasteiger partial charge on any atom is 0.0835 e. The molecule has 0 saturated heterocycles. The Bertz CT molecular complexity index is 360. The second-order valence-electron chi connectivity index (χ2n) is 3.43. The molecule has 1 unspecified atom stereocenters. The molecule has 0 aliphatic carbocycles. The van der Waals surface area contributed by atoms with Crippen molar-refractivity contribution < 1.29 is 4.74 Å². The fourth-order valence-corrected chi connectivity index (χ4v) is 2.07. The minimum Gasteiger partial charge on any atom is -0.380 e. The molecular formula is C11H14BrCl2NO. The van der Waals surface area contributed by atoms with Crippen molar-refractivity contribution in [2.45, 2.75) is 19.9 Å². The van der Waals surface area contributed by atoms with E-state index in [1.807, 2.05) is 26.0 Å². The van der Waals surface area contributed by atoms with Gasteiger partial charge < -0.3 is 10.1 Å². The van der Waals surface area contributed by atoms with Crippen LogP contribution in [0.2, 0.25) is 10.0 Å². The minimum atomic E-state index is 0.190. The van der Waals surface area contributed by atoms with E-state index in [1.54, 1.807) is 0 Å². The molecule has 0 spiro atoms. The van der Waals surface area contributed by atoms with Crippen molar-refractivity contribution in [3.63, 3.8) is 0 Å². The van der Waals surface area contributed by atoms with Crippen molar-refractivity contribution in [1.82, 2.24) is 0 Å². The van der Waals surface area contributed by atoms with Crippen LogP contribution in [0, 0.1) is 0 Å². The number of hydrogen-bond acceptors (Lipinski definition) is 2. The van der Waals surface area contributed by atoms with Crippen LogP contribution in [0.4, 0.5) is 5.69 Å². The number of hydrogen-bond donors (Lipinski definition) is 1. The molecule has 0 aromatic heterocycles. The summed E-state index contributed by atoms with van der Waals surface area (Å²) >= 11 is 15.5. The lowest BCUT2D eigenvalue weighted by molar-refractivity contribution is 0.141. The Kier molecular flexibility index (Phi) is 5.90. The number of nitrogens with one attached hydrogen (secondary N) is 1. The lowest BCUT2D eigenvalue weighted by Crippen LogP contribution is -2.21. The zero-order valence-electron chi connectivity index (χ0n) is 9.19. The third-order valence-corrected chi connectivity index (χ3v) is 3.78. The molecule has 0 aliphatic rings. The largest absolute Gasteiger partial charge is 0.380 e. The lowest BCUT2D eigenvalue weighted by Gasteiger charge is -2.16. The number of rotatable bonds is 5. The molecule has 0 amide bonds. The van der Waals surface area contributed by atoms with Gasteiger partial charge >= 0.3 is 0 Å². The van der Waals surface area contributed by atoms with Crippen LogP contribution in [0.25, 0.3) is 0 Å². The van der Waals surface area contributed by atoms with E-state index in [2.05, 4.69) is 21.2 Å². The predicted molar refractivity (Wildman–Crippen MR) is 73.7 cm³/mol. The summed E-state index contributed by atoms with van der Waals surface area (Å²) in [6.45, 7) is 5.35. The molecule has 0 heterocycles. The molecule has 1 aromatic rings. The Balaban J connectivity index is 2.70. The third-order valence-electron chi connectivity index (χ3n) is 2.01. The Labute approximate surface area is 114 Å². The van der Waals surface area contributed by atoms with Gasteiger partial charge in [-0.3, -0.25) is 0 Å². The second kappa shape index (κ2) is 6.70. The zero-order valence-corrected chi connectivity index (χ0v) is 12.3. The normalized spacial score (nSPS) is 12.6. The highest BCUT2D eigenvalue weighted by Crippen LogP contribution is 2.35. The van der Waals surface area contributed by atoms with Gasteiger partial charge in [-0.25, -0.2) is 0 Å². The summed E-state index contributed by atoms with van der Waals surface area (Å²) in [4.78, 5) is 0. The topological polar surface area (TPSA) is 21.3 Å². The number of ether oxygens (including phenoxy) is 1. The van der Waals surface area contributed by atoms with Crippen LogP contribution in [-0.4, -0.2) is 19.3 Å². The number of halogens is 3. The number of benzene rings is 1. The average molecular weight is 327 g/mol. The van der Waals surface area contributed by atoms with E-state index in [4.69, 9.17) is 27.9 Å². The molecule has 5 heteroatoms. The SMILES string of the molecule is CCOCC(C)Nc1ccc(Br)c(Cl)c1Cl. The first kappa shape index (κ1) is 14.1. The van der Waals surface area contributed by atoms with Crippen molar-refractivity contribution in [3.8, 4) is 0 Å².